The van der Waals surface area contributed by atoms with Gasteiger partial charge in [-0.05, 0) is 42.0 Å². The molecule has 1 aromatic heterocycles. The number of imidazole rings is 1. The predicted molar refractivity (Wildman–Crippen MR) is 104 cm³/mol. The molecule has 2 heterocycles. The zero-order chi connectivity index (χ0) is 17.6. The van der Waals surface area contributed by atoms with E-state index >= 15 is 0 Å². The Labute approximate surface area is 151 Å². The normalized spacial score (nSPS) is 17.3. The van der Waals surface area contributed by atoms with Crippen LogP contribution >= 0.6 is 11.8 Å². The number of carbonyl (C=O) groups excluding carboxylic acids is 1. The Hall–Kier alpha value is -2.54. The number of aliphatic imine (C=N–C) groups is 1. The van der Waals surface area contributed by atoms with Crippen molar-refractivity contribution in [1.82, 2.24) is 14.9 Å². The molecule has 25 heavy (non-hydrogen) atoms. The Balaban J connectivity index is 1.56. The maximum absolute atomic E-state index is 12.1. The molecule has 0 saturated carbocycles. The topological polar surface area (TPSA) is 62.5 Å². The fourth-order valence-electron chi connectivity index (χ4n) is 2.37. The van der Waals surface area contributed by atoms with E-state index in [0.717, 1.165) is 24.2 Å². The fourth-order valence-corrected chi connectivity index (χ4v) is 3.22. The van der Waals surface area contributed by atoms with Crippen molar-refractivity contribution in [2.75, 3.05) is 25.5 Å². The molecule has 130 valence electrons. The van der Waals surface area contributed by atoms with Crippen molar-refractivity contribution in [1.29, 1.82) is 0 Å². The molecule has 1 aliphatic rings. The lowest BCUT2D eigenvalue weighted by Gasteiger charge is -2.11. The van der Waals surface area contributed by atoms with Gasteiger partial charge in [-0.15, -0.1) is 0 Å². The summed E-state index contributed by atoms with van der Waals surface area (Å²) in [5.74, 6) is -0.0879. The van der Waals surface area contributed by atoms with Crippen molar-refractivity contribution in [2.24, 2.45) is 4.99 Å². The van der Waals surface area contributed by atoms with Crippen LogP contribution in [0.4, 0.5) is 5.69 Å². The number of amidine groups is 1. The zero-order valence-corrected chi connectivity index (χ0v) is 15.2. The van der Waals surface area contributed by atoms with E-state index in [9.17, 15) is 4.79 Å². The highest BCUT2D eigenvalue weighted by molar-refractivity contribution is 8.18. The van der Waals surface area contributed by atoms with Crippen LogP contribution in [0, 0.1) is 0 Å². The molecular weight excluding hydrogens is 334 g/mol. The van der Waals surface area contributed by atoms with E-state index in [2.05, 4.69) is 15.3 Å². The summed E-state index contributed by atoms with van der Waals surface area (Å²) in [6.07, 6.45) is 8.29. The van der Waals surface area contributed by atoms with E-state index in [4.69, 9.17) is 0 Å². The summed E-state index contributed by atoms with van der Waals surface area (Å²) < 4.78 is 2.02. The molecule has 3 rings (SSSR count). The number of hydrogen-bond donors (Lipinski definition) is 1. The van der Waals surface area contributed by atoms with Crippen molar-refractivity contribution in [3.05, 3.63) is 53.5 Å². The van der Waals surface area contributed by atoms with Gasteiger partial charge in [0.05, 0.1) is 11.2 Å². The fraction of sp³-hybridized carbons (Fsp3) is 0.278. The van der Waals surface area contributed by atoms with Crippen molar-refractivity contribution in [3.8, 4) is 0 Å². The number of thioether (sulfide) groups is 1. The third-order valence-corrected chi connectivity index (χ3v) is 4.69. The molecule has 0 atom stereocenters. The van der Waals surface area contributed by atoms with Crippen LogP contribution in [0.15, 0.2) is 52.9 Å². The van der Waals surface area contributed by atoms with Gasteiger partial charge >= 0.3 is 0 Å². The van der Waals surface area contributed by atoms with E-state index in [0.29, 0.717) is 16.6 Å². The summed E-state index contributed by atoms with van der Waals surface area (Å²) >= 11 is 1.39. The lowest BCUT2D eigenvalue weighted by atomic mass is 10.2. The second-order valence-electron chi connectivity index (χ2n) is 5.89. The minimum Gasteiger partial charge on any atom is -0.378 e. The summed E-state index contributed by atoms with van der Waals surface area (Å²) in [4.78, 5) is 23.3. The van der Waals surface area contributed by atoms with Gasteiger partial charge in [-0.25, -0.2) is 4.98 Å². The van der Waals surface area contributed by atoms with Gasteiger partial charge in [-0.1, -0.05) is 12.1 Å². The molecule has 1 aromatic carbocycles. The molecule has 0 spiro atoms. The first-order chi connectivity index (χ1) is 12.1. The lowest BCUT2D eigenvalue weighted by Crippen LogP contribution is -2.20. The van der Waals surface area contributed by atoms with Gasteiger partial charge in [0.1, 0.15) is 0 Å². The number of amides is 1. The first-order valence-electron chi connectivity index (χ1n) is 8.10. The van der Waals surface area contributed by atoms with E-state index in [-0.39, 0.29) is 5.91 Å². The van der Waals surface area contributed by atoms with Crippen LogP contribution in [0.5, 0.6) is 0 Å². The highest BCUT2D eigenvalue weighted by Crippen LogP contribution is 2.26. The maximum atomic E-state index is 12.1. The average Bonchev–Trinajstić information content (AvgIpc) is 3.22. The number of carbonyl (C=O) groups is 1. The van der Waals surface area contributed by atoms with Gasteiger partial charge in [0, 0.05) is 45.3 Å². The number of aryl methyl sites for hydroxylation is 1. The second-order valence-corrected chi connectivity index (χ2v) is 6.92. The summed E-state index contributed by atoms with van der Waals surface area (Å²) in [6.45, 7) is 1.54. The molecule has 1 aliphatic heterocycles. The average molecular weight is 355 g/mol. The third kappa shape index (κ3) is 4.73. The van der Waals surface area contributed by atoms with Crippen LogP contribution in [0.3, 0.4) is 0 Å². The summed E-state index contributed by atoms with van der Waals surface area (Å²) in [5, 5.41) is 3.50. The van der Waals surface area contributed by atoms with Gasteiger partial charge in [0.2, 0.25) is 0 Å². The van der Waals surface area contributed by atoms with Crippen molar-refractivity contribution in [3.63, 3.8) is 0 Å². The van der Waals surface area contributed by atoms with Crippen LogP contribution in [0.1, 0.15) is 12.0 Å². The Bertz CT molecular complexity index is 778. The molecule has 1 fully saturated rings. The number of nitrogens with zero attached hydrogens (tertiary/aromatic N) is 4. The van der Waals surface area contributed by atoms with Gasteiger partial charge in [0.15, 0.2) is 5.17 Å². The molecule has 0 bridgehead atoms. The third-order valence-electron chi connectivity index (χ3n) is 3.75. The second kappa shape index (κ2) is 8.02. The van der Waals surface area contributed by atoms with Crippen LogP contribution in [0.25, 0.3) is 6.08 Å². The minimum atomic E-state index is -0.0879. The van der Waals surface area contributed by atoms with Crippen LogP contribution < -0.4 is 10.2 Å². The van der Waals surface area contributed by atoms with Crippen LogP contribution in [-0.2, 0) is 11.3 Å². The summed E-state index contributed by atoms with van der Waals surface area (Å²) in [7, 11) is 4.01. The quantitative estimate of drug-likeness (QED) is 0.639. The molecule has 1 amide bonds. The highest BCUT2D eigenvalue weighted by atomic mass is 32.2. The predicted octanol–water partition coefficient (Wildman–Crippen LogP) is 2.60. The van der Waals surface area contributed by atoms with Crippen molar-refractivity contribution >= 4 is 34.6 Å². The van der Waals surface area contributed by atoms with Gasteiger partial charge < -0.3 is 14.8 Å². The number of rotatable bonds is 6. The Kier molecular flexibility index (Phi) is 5.55. The standard InChI is InChI=1S/C18H21N5OS/c1-22(2)15-6-4-14(5-7-15)12-16-17(24)21-18(25-16)20-8-3-10-23-11-9-19-13-23/h4-7,9,11-13H,3,8,10H2,1-2H3,(H,20,21,24). The monoisotopic (exact) mass is 355 g/mol. The molecular formula is C18H21N5OS. The van der Waals surface area contributed by atoms with Gasteiger partial charge in [0.25, 0.3) is 5.91 Å². The first kappa shape index (κ1) is 17.3. The molecule has 7 heteroatoms. The summed E-state index contributed by atoms with van der Waals surface area (Å²) in [5.41, 5.74) is 2.13. The van der Waals surface area contributed by atoms with Gasteiger partial charge in [-0.3, -0.25) is 9.79 Å². The molecule has 6 nitrogen and oxygen atoms in total. The maximum Gasteiger partial charge on any atom is 0.264 e. The van der Waals surface area contributed by atoms with E-state index < -0.39 is 0 Å². The number of hydrogen-bond acceptors (Lipinski definition) is 5. The molecule has 1 N–H and O–H groups in total. The molecule has 0 aliphatic carbocycles. The van der Waals surface area contributed by atoms with E-state index in [1.807, 2.05) is 60.1 Å². The number of nitrogens with one attached hydrogen (secondary N) is 1. The first-order valence-corrected chi connectivity index (χ1v) is 8.92. The smallest absolute Gasteiger partial charge is 0.264 e. The van der Waals surface area contributed by atoms with Crippen LogP contribution in [-0.4, -0.2) is 41.3 Å². The highest BCUT2D eigenvalue weighted by Gasteiger charge is 2.23. The molecule has 0 radical (unpaired) electrons. The summed E-state index contributed by atoms with van der Waals surface area (Å²) in [6, 6.07) is 8.09. The van der Waals surface area contributed by atoms with Crippen molar-refractivity contribution in [2.45, 2.75) is 13.0 Å². The molecule has 1 saturated heterocycles. The molecule has 0 unspecified atom stereocenters. The Morgan fingerprint density at radius 3 is 2.80 bits per heavy atom. The molecule has 2 aromatic rings. The minimum absolute atomic E-state index is 0.0879. The number of benzene rings is 1. The van der Waals surface area contributed by atoms with Gasteiger partial charge in [-0.2, -0.15) is 0 Å². The SMILES string of the molecule is CN(C)c1ccc(C=C2SC(=NCCCn3ccnc3)NC2=O)cc1. The van der Waals surface area contributed by atoms with Crippen LogP contribution in [0.2, 0.25) is 0 Å². The number of anilines is 1. The zero-order valence-electron chi connectivity index (χ0n) is 14.3. The Morgan fingerprint density at radius 2 is 2.12 bits per heavy atom. The van der Waals surface area contributed by atoms with Crippen molar-refractivity contribution < 1.29 is 4.79 Å². The van der Waals surface area contributed by atoms with E-state index in [1.165, 1.54) is 11.8 Å². The van der Waals surface area contributed by atoms with E-state index in [1.54, 1.807) is 12.5 Å². The number of aromatic nitrogens is 2. The lowest BCUT2D eigenvalue weighted by molar-refractivity contribution is -0.115. The largest absolute Gasteiger partial charge is 0.378 e. The Morgan fingerprint density at radius 1 is 1.32 bits per heavy atom.